The first-order chi connectivity index (χ1) is 10.2. The lowest BCUT2D eigenvalue weighted by molar-refractivity contribution is 0.0747. The Kier molecular flexibility index (Phi) is 5.69. The Balaban J connectivity index is 0.00000176. The van der Waals surface area contributed by atoms with Gasteiger partial charge in [0, 0.05) is 42.5 Å². The van der Waals surface area contributed by atoms with Crippen LogP contribution in [0.2, 0.25) is 5.02 Å². The Hall–Kier alpha value is -1.71. The van der Waals surface area contributed by atoms with Crippen molar-refractivity contribution in [2.24, 2.45) is 0 Å². The molecule has 2 aromatic carbocycles. The van der Waals surface area contributed by atoms with E-state index in [1.165, 1.54) is 0 Å². The lowest BCUT2D eigenvalue weighted by Gasteiger charge is -2.36. The van der Waals surface area contributed by atoms with Crippen molar-refractivity contribution >= 4 is 35.6 Å². The summed E-state index contributed by atoms with van der Waals surface area (Å²) in [5.74, 6) is 0.112. The summed E-state index contributed by atoms with van der Waals surface area (Å²) in [4.78, 5) is 16.6. The van der Waals surface area contributed by atoms with Crippen LogP contribution in [0.5, 0.6) is 0 Å². The summed E-state index contributed by atoms with van der Waals surface area (Å²) in [5, 5.41) is 0.746. The SMILES string of the molecule is Cl.O=C(c1ccccc1)N1CCN(c2cccc(Cl)c2)CC1. The molecule has 3 rings (SSSR count). The van der Waals surface area contributed by atoms with Crippen molar-refractivity contribution < 1.29 is 4.79 Å². The summed E-state index contributed by atoms with van der Waals surface area (Å²) in [6.45, 7) is 3.14. The average molecular weight is 337 g/mol. The quantitative estimate of drug-likeness (QED) is 0.834. The fraction of sp³-hybridized carbons (Fsp3) is 0.235. The zero-order valence-electron chi connectivity index (χ0n) is 12.1. The van der Waals surface area contributed by atoms with Gasteiger partial charge in [0.1, 0.15) is 0 Å². The van der Waals surface area contributed by atoms with E-state index in [4.69, 9.17) is 11.6 Å². The van der Waals surface area contributed by atoms with Gasteiger partial charge in [-0.3, -0.25) is 4.79 Å². The van der Waals surface area contributed by atoms with Gasteiger partial charge in [-0.05, 0) is 30.3 Å². The number of halogens is 2. The van der Waals surface area contributed by atoms with Crippen molar-refractivity contribution in [3.05, 3.63) is 65.2 Å². The molecule has 1 heterocycles. The van der Waals surface area contributed by atoms with Crippen LogP contribution >= 0.6 is 24.0 Å². The van der Waals surface area contributed by atoms with Gasteiger partial charge in [-0.15, -0.1) is 12.4 Å². The molecule has 1 saturated heterocycles. The van der Waals surface area contributed by atoms with E-state index in [9.17, 15) is 4.79 Å². The number of hydrogen-bond acceptors (Lipinski definition) is 2. The molecule has 116 valence electrons. The molecule has 1 aliphatic rings. The molecule has 0 aliphatic carbocycles. The molecule has 3 nitrogen and oxygen atoms in total. The second kappa shape index (κ2) is 7.52. The molecule has 0 spiro atoms. The summed E-state index contributed by atoms with van der Waals surface area (Å²) in [6.07, 6.45) is 0. The number of hydrogen-bond donors (Lipinski definition) is 0. The van der Waals surface area contributed by atoms with E-state index in [0.29, 0.717) is 0 Å². The molecule has 0 radical (unpaired) electrons. The van der Waals surface area contributed by atoms with Crippen LogP contribution in [0.25, 0.3) is 0 Å². The summed E-state index contributed by atoms with van der Waals surface area (Å²) in [7, 11) is 0. The maximum Gasteiger partial charge on any atom is 0.253 e. The minimum absolute atomic E-state index is 0. The molecule has 0 unspecified atom stereocenters. The minimum atomic E-state index is 0. The van der Waals surface area contributed by atoms with Crippen LogP contribution < -0.4 is 4.90 Å². The first kappa shape index (κ1) is 16.7. The van der Waals surface area contributed by atoms with Crippen LogP contribution in [0.3, 0.4) is 0 Å². The molecule has 2 aromatic rings. The van der Waals surface area contributed by atoms with Gasteiger partial charge in [-0.25, -0.2) is 0 Å². The molecule has 0 atom stereocenters. The second-order valence-corrected chi connectivity index (χ2v) is 5.56. The normalized spacial score (nSPS) is 14.4. The van der Waals surface area contributed by atoms with Gasteiger partial charge in [-0.1, -0.05) is 35.9 Å². The molecule has 0 aromatic heterocycles. The molecule has 1 fully saturated rings. The van der Waals surface area contributed by atoms with Crippen LogP contribution in [0, 0.1) is 0 Å². The molecule has 1 amide bonds. The highest BCUT2D eigenvalue weighted by Gasteiger charge is 2.22. The predicted molar refractivity (Wildman–Crippen MR) is 93.3 cm³/mol. The van der Waals surface area contributed by atoms with Gasteiger partial charge in [-0.2, -0.15) is 0 Å². The van der Waals surface area contributed by atoms with Gasteiger partial charge >= 0.3 is 0 Å². The number of benzene rings is 2. The van der Waals surface area contributed by atoms with E-state index in [0.717, 1.165) is 42.5 Å². The fourth-order valence-corrected chi connectivity index (χ4v) is 2.79. The fourth-order valence-electron chi connectivity index (χ4n) is 2.60. The van der Waals surface area contributed by atoms with Crippen LogP contribution in [-0.4, -0.2) is 37.0 Å². The Morgan fingerprint density at radius 3 is 2.23 bits per heavy atom. The van der Waals surface area contributed by atoms with Gasteiger partial charge in [0.05, 0.1) is 0 Å². The third-order valence-electron chi connectivity index (χ3n) is 3.76. The maximum atomic E-state index is 12.4. The van der Waals surface area contributed by atoms with E-state index >= 15 is 0 Å². The Bertz CT molecular complexity index is 626. The van der Waals surface area contributed by atoms with Crippen molar-refractivity contribution in [2.75, 3.05) is 31.1 Å². The maximum absolute atomic E-state index is 12.4. The van der Waals surface area contributed by atoms with Crippen LogP contribution in [-0.2, 0) is 0 Å². The smallest absolute Gasteiger partial charge is 0.253 e. The Morgan fingerprint density at radius 2 is 1.59 bits per heavy atom. The van der Waals surface area contributed by atoms with Crippen molar-refractivity contribution in [2.45, 2.75) is 0 Å². The van der Waals surface area contributed by atoms with Crippen LogP contribution in [0.4, 0.5) is 5.69 Å². The average Bonchev–Trinajstić information content (AvgIpc) is 2.55. The third kappa shape index (κ3) is 3.73. The lowest BCUT2D eigenvalue weighted by atomic mass is 10.1. The molecular weight excluding hydrogens is 319 g/mol. The van der Waals surface area contributed by atoms with E-state index < -0.39 is 0 Å². The topological polar surface area (TPSA) is 23.6 Å². The largest absolute Gasteiger partial charge is 0.368 e. The highest BCUT2D eigenvalue weighted by Crippen LogP contribution is 2.21. The third-order valence-corrected chi connectivity index (χ3v) is 4.00. The summed E-state index contributed by atoms with van der Waals surface area (Å²) >= 11 is 6.03. The highest BCUT2D eigenvalue weighted by molar-refractivity contribution is 6.30. The summed E-state index contributed by atoms with van der Waals surface area (Å²) in [5.41, 5.74) is 1.88. The molecule has 0 saturated carbocycles. The number of rotatable bonds is 2. The zero-order valence-corrected chi connectivity index (χ0v) is 13.7. The Labute approximate surface area is 141 Å². The van der Waals surface area contributed by atoms with Gasteiger partial charge in [0.25, 0.3) is 5.91 Å². The summed E-state index contributed by atoms with van der Waals surface area (Å²) < 4.78 is 0. The van der Waals surface area contributed by atoms with E-state index in [2.05, 4.69) is 11.0 Å². The van der Waals surface area contributed by atoms with Gasteiger partial charge in [0.15, 0.2) is 0 Å². The first-order valence-electron chi connectivity index (χ1n) is 7.09. The van der Waals surface area contributed by atoms with Crippen molar-refractivity contribution in [3.8, 4) is 0 Å². The number of anilines is 1. The molecule has 22 heavy (non-hydrogen) atoms. The van der Waals surface area contributed by atoms with Crippen LogP contribution in [0.1, 0.15) is 10.4 Å². The van der Waals surface area contributed by atoms with Gasteiger partial charge in [0.2, 0.25) is 0 Å². The highest BCUT2D eigenvalue weighted by atomic mass is 35.5. The molecular formula is C17H18Cl2N2O. The van der Waals surface area contributed by atoms with E-state index in [-0.39, 0.29) is 18.3 Å². The molecule has 0 N–H and O–H groups in total. The molecule has 5 heteroatoms. The van der Waals surface area contributed by atoms with Crippen molar-refractivity contribution in [1.82, 2.24) is 4.90 Å². The molecule has 1 aliphatic heterocycles. The first-order valence-corrected chi connectivity index (χ1v) is 7.47. The van der Waals surface area contributed by atoms with Crippen molar-refractivity contribution in [3.63, 3.8) is 0 Å². The number of carbonyl (C=O) groups excluding carboxylic acids is 1. The monoisotopic (exact) mass is 336 g/mol. The second-order valence-electron chi connectivity index (χ2n) is 5.13. The lowest BCUT2D eigenvalue weighted by Crippen LogP contribution is -2.48. The van der Waals surface area contributed by atoms with Gasteiger partial charge < -0.3 is 9.80 Å². The number of nitrogens with zero attached hydrogens (tertiary/aromatic N) is 2. The van der Waals surface area contributed by atoms with Crippen molar-refractivity contribution in [1.29, 1.82) is 0 Å². The van der Waals surface area contributed by atoms with Crippen LogP contribution in [0.15, 0.2) is 54.6 Å². The van der Waals surface area contributed by atoms with E-state index in [1.54, 1.807) is 0 Å². The number of amides is 1. The molecule has 0 bridgehead atoms. The minimum Gasteiger partial charge on any atom is -0.368 e. The predicted octanol–water partition coefficient (Wildman–Crippen LogP) is 3.72. The summed E-state index contributed by atoms with van der Waals surface area (Å²) in [6, 6.07) is 17.3. The van der Waals surface area contributed by atoms with E-state index in [1.807, 2.05) is 53.4 Å². The Morgan fingerprint density at radius 1 is 0.909 bits per heavy atom. The standard InChI is InChI=1S/C17H17ClN2O.ClH/c18-15-7-4-8-16(13-15)19-9-11-20(12-10-19)17(21)14-5-2-1-3-6-14;/h1-8,13H,9-12H2;1H. The zero-order chi connectivity index (χ0) is 14.7. The number of carbonyl (C=O) groups is 1. The number of piperazine rings is 1.